The van der Waals surface area contributed by atoms with Gasteiger partial charge in [0.25, 0.3) is 0 Å². The lowest BCUT2D eigenvalue weighted by molar-refractivity contribution is -0.136. The van der Waals surface area contributed by atoms with Gasteiger partial charge in [-0.2, -0.15) is 0 Å². The summed E-state index contributed by atoms with van der Waals surface area (Å²) in [5.41, 5.74) is 3.31. The van der Waals surface area contributed by atoms with Crippen molar-refractivity contribution < 1.29 is 15.0 Å². The van der Waals surface area contributed by atoms with Gasteiger partial charge in [0.05, 0.1) is 0 Å². The summed E-state index contributed by atoms with van der Waals surface area (Å²) in [5.74, 6) is -0.495. The van der Waals surface area contributed by atoms with Gasteiger partial charge in [-0.15, -0.1) is 0 Å². The molecule has 0 aliphatic heterocycles. The molecule has 26 heavy (non-hydrogen) atoms. The van der Waals surface area contributed by atoms with E-state index >= 15 is 0 Å². The van der Waals surface area contributed by atoms with E-state index in [-0.39, 0.29) is 6.42 Å². The van der Waals surface area contributed by atoms with Crippen molar-refractivity contribution in [3.05, 3.63) is 65.2 Å². The highest BCUT2D eigenvalue weighted by Gasteiger charge is 2.09. The van der Waals surface area contributed by atoms with Crippen molar-refractivity contribution in [1.82, 2.24) is 0 Å². The normalized spacial score (nSPS) is 10.8. The van der Waals surface area contributed by atoms with Crippen LogP contribution >= 0.6 is 0 Å². The van der Waals surface area contributed by atoms with E-state index < -0.39 is 5.97 Å². The van der Waals surface area contributed by atoms with Crippen LogP contribution in [0.15, 0.2) is 48.5 Å². The van der Waals surface area contributed by atoms with Crippen LogP contribution in [0.1, 0.15) is 61.6 Å². The summed E-state index contributed by atoms with van der Waals surface area (Å²) in [5, 5.41) is 19.0. The Morgan fingerprint density at radius 3 is 2.08 bits per heavy atom. The number of aryl methyl sites for hydroxylation is 2. The van der Waals surface area contributed by atoms with Crippen molar-refractivity contribution in [2.24, 2.45) is 0 Å². The number of hydrogen-bond donors (Lipinski definition) is 2. The summed E-state index contributed by atoms with van der Waals surface area (Å²) in [4.78, 5) is 10.8. The zero-order chi connectivity index (χ0) is 18.6. The Labute approximate surface area is 156 Å². The molecule has 0 spiro atoms. The number of carbonyl (C=O) groups is 1. The fraction of sp³-hybridized carbons (Fsp3) is 0.435. The van der Waals surface area contributed by atoms with E-state index in [1.54, 1.807) is 12.1 Å². The smallest absolute Gasteiger partial charge is 0.303 e. The van der Waals surface area contributed by atoms with Crippen LogP contribution in [0, 0.1) is 0 Å². The average Bonchev–Trinajstić information content (AvgIpc) is 2.64. The fourth-order valence-corrected chi connectivity index (χ4v) is 3.37. The summed E-state index contributed by atoms with van der Waals surface area (Å²) in [6.07, 6.45) is 9.73. The Kier molecular flexibility index (Phi) is 8.74. The molecule has 0 unspecified atom stereocenters. The van der Waals surface area contributed by atoms with Gasteiger partial charge in [-0.3, -0.25) is 4.79 Å². The molecule has 0 heterocycles. The molecule has 0 radical (unpaired) electrons. The number of carboxylic acids is 1. The fourth-order valence-electron chi connectivity index (χ4n) is 3.37. The molecular formula is C23H30O3. The van der Waals surface area contributed by atoms with Crippen LogP contribution in [0.5, 0.6) is 5.75 Å². The van der Waals surface area contributed by atoms with Crippen LogP contribution in [0.3, 0.4) is 0 Å². The van der Waals surface area contributed by atoms with E-state index in [4.69, 9.17) is 5.11 Å². The van der Waals surface area contributed by atoms with Crippen LogP contribution in [0.25, 0.3) is 0 Å². The Hall–Kier alpha value is -2.29. The van der Waals surface area contributed by atoms with Gasteiger partial charge in [0.15, 0.2) is 0 Å². The van der Waals surface area contributed by atoms with Gasteiger partial charge < -0.3 is 10.2 Å². The number of phenols is 1. The molecule has 2 N–H and O–H groups in total. The first-order chi connectivity index (χ1) is 12.7. The highest BCUT2D eigenvalue weighted by Crippen LogP contribution is 2.25. The quantitative estimate of drug-likeness (QED) is 0.492. The monoisotopic (exact) mass is 354 g/mol. The Morgan fingerprint density at radius 1 is 0.731 bits per heavy atom. The van der Waals surface area contributed by atoms with Crippen LogP contribution < -0.4 is 0 Å². The molecule has 0 aromatic heterocycles. The van der Waals surface area contributed by atoms with Gasteiger partial charge in [0, 0.05) is 6.42 Å². The molecule has 0 saturated heterocycles. The number of benzene rings is 2. The largest absolute Gasteiger partial charge is 0.508 e. The Morgan fingerprint density at radius 2 is 1.38 bits per heavy atom. The van der Waals surface area contributed by atoms with E-state index in [0.29, 0.717) is 12.2 Å². The van der Waals surface area contributed by atoms with Crippen LogP contribution in [-0.2, 0) is 24.1 Å². The maximum absolute atomic E-state index is 10.8. The molecule has 0 amide bonds. The lowest BCUT2D eigenvalue weighted by Gasteiger charge is -2.11. The molecule has 140 valence electrons. The summed E-state index contributed by atoms with van der Waals surface area (Å²) >= 11 is 0. The third-order valence-corrected chi connectivity index (χ3v) is 4.84. The van der Waals surface area contributed by atoms with Crippen LogP contribution in [0.2, 0.25) is 0 Å². The number of rotatable bonds is 12. The summed E-state index contributed by atoms with van der Waals surface area (Å²) in [7, 11) is 0. The zero-order valence-corrected chi connectivity index (χ0v) is 15.5. The van der Waals surface area contributed by atoms with Gasteiger partial charge in [-0.25, -0.2) is 0 Å². The Bertz CT molecular complexity index is 664. The predicted octanol–water partition coefficient (Wildman–Crippen LogP) is 5.54. The van der Waals surface area contributed by atoms with Gasteiger partial charge >= 0.3 is 5.97 Å². The molecule has 0 fully saturated rings. The number of carboxylic acid groups (broad SMARTS) is 1. The molecule has 0 bridgehead atoms. The first-order valence-corrected chi connectivity index (χ1v) is 9.72. The van der Waals surface area contributed by atoms with E-state index in [0.717, 1.165) is 36.8 Å². The number of aromatic hydroxyl groups is 1. The van der Waals surface area contributed by atoms with Crippen molar-refractivity contribution in [1.29, 1.82) is 0 Å². The summed E-state index contributed by atoms with van der Waals surface area (Å²) in [6.45, 7) is 0. The zero-order valence-electron chi connectivity index (χ0n) is 15.5. The lowest BCUT2D eigenvalue weighted by Crippen LogP contribution is -2.01. The second-order valence-corrected chi connectivity index (χ2v) is 6.92. The number of phenolic OH excluding ortho intramolecular Hbond substituents is 1. The van der Waals surface area contributed by atoms with E-state index in [1.165, 1.54) is 31.2 Å². The first-order valence-electron chi connectivity index (χ1n) is 9.72. The van der Waals surface area contributed by atoms with Crippen molar-refractivity contribution >= 4 is 5.97 Å². The molecule has 3 nitrogen and oxygen atoms in total. The summed E-state index contributed by atoms with van der Waals surface area (Å²) in [6, 6.07) is 16.1. The molecule has 2 aromatic rings. The van der Waals surface area contributed by atoms with Gasteiger partial charge in [0.2, 0.25) is 0 Å². The third kappa shape index (κ3) is 7.30. The van der Waals surface area contributed by atoms with Crippen LogP contribution in [-0.4, -0.2) is 16.2 Å². The van der Waals surface area contributed by atoms with Gasteiger partial charge in [-0.1, -0.05) is 68.1 Å². The van der Waals surface area contributed by atoms with Crippen molar-refractivity contribution in [3.63, 3.8) is 0 Å². The van der Waals surface area contributed by atoms with Crippen LogP contribution in [0.4, 0.5) is 0 Å². The molecule has 2 rings (SSSR count). The first kappa shape index (κ1) is 20.0. The van der Waals surface area contributed by atoms with Crippen molar-refractivity contribution in [3.8, 4) is 5.75 Å². The van der Waals surface area contributed by atoms with Gasteiger partial charge in [0.1, 0.15) is 5.75 Å². The van der Waals surface area contributed by atoms with E-state index in [2.05, 4.69) is 30.3 Å². The molecule has 3 heteroatoms. The summed E-state index contributed by atoms with van der Waals surface area (Å²) < 4.78 is 0. The minimum Gasteiger partial charge on any atom is -0.508 e. The lowest BCUT2D eigenvalue weighted by atomic mass is 9.96. The second-order valence-electron chi connectivity index (χ2n) is 6.92. The molecule has 0 atom stereocenters. The minimum atomic E-state index is -0.796. The highest BCUT2D eigenvalue weighted by atomic mass is 16.4. The third-order valence-electron chi connectivity index (χ3n) is 4.84. The molecule has 0 aliphatic rings. The molecule has 2 aromatic carbocycles. The molecule has 0 aliphatic carbocycles. The minimum absolute atomic E-state index is 0.109. The molecular weight excluding hydrogens is 324 g/mol. The average molecular weight is 354 g/mol. The standard InChI is InChI=1S/C23H30O3/c24-22-16-10-14-20(17-18-23(25)26)21(22)15-9-4-2-1-3-6-11-19-12-7-5-8-13-19/h5,7-8,10,12-14,16,24H,1-4,6,9,11,15,17-18H2,(H,25,26). The molecule has 0 saturated carbocycles. The second kappa shape index (κ2) is 11.3. The van der Waals surface area contributed by atoms with E-state index in [9.17, 15) is 9.90 Å². The number of hydrogen-bond acceptors (Lipinski definition) is 2. The van der Waals surface area contributed by atoms with Crippen molar-refractivity contribution in [2.45, 2.75) is 64.2 Å². The SMILES string of the molecule is O=C(O)CCc1cccc(O)c1CCCCCCCCc1ccccc1. The number of aliphatic carboxylic acids is 1. The highest BCUT2D eigenvalue weighted by molar-refractivity contribution is 5.67. The van der Waals surface area contributed by atoms with E-state index in [1.807, 2.05) is 6.07 Å². The van der Waals surface area contributed by atoms with Gasteiger partial charge in [-0.05, 0) is 54.9 Å². The topological polar surface area (TPSA) is 57.5 Å². The number of unbranched alkanes of at least 4 members (excludes halogenated alkanes) is 5. The van der Waals surface area contributed by atoms with Crippen molar-refractivity contribution in [2.75, 3.05) is 0 Å². The predicted molar refractivity (Wildman–Crippen MR) is 106 cm³/mol. The maximum Gasteiger partial charge on any atom is 0.303 e. The maximum atomic E-state index is 10.8. The Balaban J connectivity index is 1.62.